The molecule has 9 nitrogen and oxygen atoms in total. The van der Waals surface area contributed by atoms with Crippen LogP contribution in [0.2, 0.25) is 0 Å². The van der Waals surface area contributed by atoms with Gasteiger partial charge in [-0.15, -0.1) is 0 Å². The molecule has 9 heteroatoms. The van der Waals surface area contributed by atoms with Crippen molar-refractivity contribution in [2.24, 2.45) is 10.2 Å². The van der Waals surface area contributed by atoms with Crippen molar-refractivity contribution in [1.82, 2.24) is 9.97 Å². The number of benzene rings is 3. The van der Waals surface area contributed by atoms with Gasteiger partial charge in [0.25, 0.3) is 0 Å². The first-order valence-electron chi connectivity index (χ1n) is 10.2. The lowest BCUT2D eigenvalue weighted by Crippen LogP contribution is -2.11. The molecule has 1 unspecified atom stereocenters. The molecule has 164 valence electrons. The summed E-state index contributed by atoms with van der Waals surface area (Å²) in [5.74, 6) is 0.235. The molecule has 0 saturated heterocycles. The van der Waals surface area contributed by atoms with Gasteiger partial charge < -0.3 is 10.6 Å². The second-order valence-electron chi connectivity index (χ2n) is 7.16. The molecule has 4 aromatic rings. The number of nitrogens with zero attached hydrogens (tertiary/aromatic N) is 5. The highest BCUT2D eigenvalue weighted by Gasteiger charge is 2.24. The van der Waals surface area contributed by atoms with Crippen molar-refractivity contribution in [3.05, 3.63) is 107 Å². The van der Waals surface area contributed by atoms with E-state index in [-0.39, 0.29) is 23.4 Å². The van der Waals surface area contributed by atoms with E-state index in [4.69, 9.17) is 0 Å². The van der Waals surface area contributed by atoms with Gasteiger partial charge >= 0.3 is 5.69 Å². The summed E-state index contributed by atoms with van der Waals surface area (Å²) in [5.41, 5.74) is 2.78. The molecule has 4 rings (SSSR count). The minimum Gasteiger partial charge on any atom is -0.358 e. The molecule has 2 N–H and O–H groups in total. The molecule has 1 aromatic heterocycles. The van der Waals surface area contributed by atoms with E-state index in [1.807, 2.05) is 67.6 Å². The van der Waals surface area contributed by atoms with Crippen LogP contribution in [0.25, 0.3) is 0 Å². The van der Waals surface area contributed by atoms with E-state index >= 15 is 0 Å². The van der Waals surface area contributed by atoms with Crippen molar-refractivity contribution in [1.29, 1.82) is 0 Å². The Morgan fingerprint density at radius 2 is 1.39 bits per heavy atom. The van der Waals surface area contributed by atoms with Gasteiger partial charge in [-0.2, -0.15) is 10.2 Å². The Hall–Kier alpha value is -4.66. The maximum atomic E-state index is 11.8. The Morgan fingerprint density at radius 1 is 0.818 bits per heavy atom. The van der Waals surface area contributed by atoms with Gasteiger partial charge in [0.1, 0.15) is 6.33 Å². The monoisotopic (exact) mass is 439 g/mol. The van der Waals surface area contributed by atoms with Crippen LogP contribution in [0.4, 0.5) is 34.4 Å². The van der Waals surface area contributed by atoms with Crippen LogP contribution < -0.4 is 10.6 Å². The maximum Gasteiger partial charge on any atom is 0.353 e. The summed E-state index contributed by atoms with van der Waals surface area (Å²) in [7, 11) is 0. The molecular weight excluding hydrogens is 418 g/mol. The van der Waals surface area contributed by atoms with Crippen molar-refractivity contribution >= 4 is 34.4 Å². The van der Waals surface area contributed by atoms with E-state index in [1.54, 1.807) is 24.3 Å². The number of rotatable bonds is 8. The highest BCUT2D eigenvalue weighted by Crippen LogP contribution is 2.33. The average Bonchev–Trinajstić information content (AvgIpc) is 2.85. The zero-order valence-corrected chi connectivity index (χ0v) is 17.8. The molecule has 0 bridgehead atoms. The highest BCUT2D eigenvalue weighted by molar-refractivity contribution is 5.74. The highest BCUT2D eigenvalue weighted by atomic mass is 16.6. The normalized spacial score (nSPS) is 11.8. The second-order valence-corrected chi connectivity index (χ2v) is 7.16. The van der Waals surface area contributed by atoms with Crippen molar-refractivity contribution < 1.29 is 4.92 Å². The number of aromatic nitrogens is 2. The third-order valence-corrected chi connectivity index (χ3v) is 4.82. The predicted molar refractivity (Wildman–Crippen MR) is 128 cm³/mol. The molecule has 0 aliphatic rings. The molecule has 3 aromatic carbocycles. The molecule has 0 aliphatic heterocycles. The van der Waals surface area contributed by atoms with E-state index in [0.29, 0.717) is 11.4 Å². The molecule has 0 radical (unpaired) electrons. The molecule has 0 spiro atoms. The second kappa shape index (κ2) is 10.1. The van der Waals surface area contributed by atoms with Gasteiger partial charge in [0.15, 0.2) is 0 Å². The summed E-state index contributed by atoms with van der Waals surface area (Å²) in [6.07, 6.45) is 1.29. The largest absolute Gasteiger partial charge is 0.358 e. The molecule has 0 amide bonds. The Labute approximate surface area is 190 Å². The van der Waals surface area contributed by atoms with Crippen molar-refractivity contribution in [2.45, 2.75) is 13.0 Å². The van der Waals surface area contributed by atoms with Crippen LogP contribution in [-0.2, 0) is 0 Å². The fraction of sp³-hybridized carbons (Fsp3) is 0.0833. The van der Waals surface area contributed by atoms with Gasteiger partial charge in [-0.1, -0.05) is 48.5 Å². The molecular formula is C24H21N7O2. The molecule has 0 aliphatic carbocycles. The summed E-state index contributed by atoms with van der Waals surface area (Å²) in [6.45, 7) is 1.91. The van der Waals surface area contributed by atoms with E-state index in [1.165, 1.54) is 6.33 Å². The van der Waals surface area contributed by atoms with E-state index < -0.39 is 4.92 Å². The van der Waals surface area contributed by atoms with Gasteiger partial charge in [-0.3, -0.25) is 10.1 Å². The Bertz CT molecular complexity index is 1250. The van der Waals surface area contributed by atoms with Crippen LogP contribution >= 0.6 is 0 Å². The lowest BCUT2D eigenvalue weighted by atomic mass is 10.1. The predicted octanol–water partition coefficient (Wildman–Crippen LogP) is 6.72. The van der Waals surface area contributed by atoms with Crippen LogP contribution in [0.3, 0.4) is 0 Å². The van der Waals surface area contributed by atoms with Crippen LogP contribution in [0.5, 0.6) is 0 Å². The van der Waals surface area contributed by atoms with Crippen molar-refractivity contribution in [3.63, 3.8) is 0 Å². The average molecular weight is 439 g/mol. The number of nitro groups is 1. The first kappa shape index (κ1) is 21.6. The number of anilines is 3. The van der Waals surface area contributed by atoms with E-state index in [2.05, 4.69) is 30.8 Å². The zero-order valence-electron chi connectivity index (χ0n) is 17.8. The fourth-order valence-electron chi connectivity index (χ4n) is 3.14. The van der Waals surface area contributed by atoms with E-state index in [0.717, 1.165) is 11.3 Å². The summed E-state index contributed by atoms with van der Waals surface area (Å²) in [6, 6.07) is 25.9. The third kappa shape index (κ3) is 5.53. The number of nitrogens with one attached hydrogen (secondary N) is 2. The van der Waals surface area contributed by atoms with Crippen LogP contribution in [-0.4, -0.2) is 14.9 Å². The summed E-state index contributed by atoms with van der Waals surface area (Å²) >= 11 is 0. The third-order valence-electron chi connectivity index (χ3n) is 4.82. The molecule has 1 heterocycles. The quantitative estimate of drug-likeness (QED) is 0.179. The Kier molecular flexibility index (Phi) is 6.60. The van der Waals surface area contributed by atoms with Crippen molar-refractivity contribution in [2.75, 3.05) is 10.6 Å². The van der Waals surface area contributed by atoms with Gasteiger partial charge in [-0.05, 0) is 48.9 Å². The summed E-state index contributed by atoms with van der Waals surface area (Å²) < 4.78 is 0. The number of hydrogen-bond donors (Lipinski definition) is 2. The van der Waals surface area contributed by atoms with Crippen LogP contribution in [0.15, 0.2) is 101 Å². The standard InChI is InChI=1S/C24H21N7O2/c1-17(18-8-4-2-5-9-18)27-23-22(31(32)33)24(26-16-25-23)28-19-12-14-21(15-13-19)30-29-20-10-6-3-7-11-20/h2-17H,1H3,(H2,25,26,27,28). The number of hydrogen-bond acceptors (Lipinski definition) is 8. The lowest BCUT2D eigenvalue weighted by molar-refractivity contribution is -0.383. The van der Waals surface area contributed by atoms with E-state index in [9.17, 15) is 10.1 Å². The summed E-state index contributed by atoms with van der Waals surface area (Å²) in [5, 5.41) is 26.3. The van der Waals surface area contributed by atoms with Crippen molar-refractivity contribution in [3.8, 4) is 0 Å². The fourth-order valence-corrected chi connectivity index (χ4v) is 3.14. The SMILES string of the molecule is CC(Nc1ncnc(Nc2ccc(N=Nc3ccccc3)cc2)c1[N+](=O)[O-])c1ccccc1. The van der Waals surface area contributed by atoms with Gasteiger partial charge in [0, 0.05) is 5.69 Å². The molecule has 0 saturated carbocycles. The maximum absolute atomic E-state index is 11.8. The molecule has 0 fully saturated rings. The first-order chi connectivity index (χ1) is 16.1. The smallest absolute Gasteiger partial charge is 0.353 e. The lowest BCUT2D eigenvalue weighted by Gasteiger charge is -2.16. The zero-order chi connectivity index (χ0) is 23.0. The summed E-state index contributed by atoms with van der Waals surface area (Å²) in [4.78, 5) is 19.5. The molecule has 1 atom stereocenters. The van der Waals surface area contributed by atoms with Gasteiger partial charge in [0.05, 0.1) is 22.3 Å². The molecule has 33 heavy (non-hydrogen) atoms. The topological polar surface area (TPSA) is 118 Å². The van der Waals surface area contributed by atoms with Gasteiger partial charge in [-0.25, -0.2) is 9.97 Å². The Balaban J connectivity index is 1.52. The number of azo groups is 1. The minimum atomic E-state index is -0.495. The Morgan fingerprint density at radius 3 is 2.03 bits per heavy atom. The van der Waals surface area contributed by atoms with Crippen LogP contribution in [0.1, 0.15) is 18.5 Å². The minimum absolute atomic E-state index is 0.0939. The van der Waals surface area contributed by atoms with Crippen LogP contribution in [0, 0.1) is 10.1 Å². The first-order valence-corrected chi connectivity index (χ1v) is 10.2. The van der Waals surface area contributed by atoms with Gasteiger partial charge in [0.2, 0.25) is 11.6 Å².